The van der Waals surface area contributed by atoms with E-state index >= 15 is 0 Å². The largest absolute Gasteiger partial charge is 0.494 e. The molecule has 1 rings (SSSR count). The first-order chi connectivity index (χ1) is 9.41. The lowest BCUT2D eigenvalue weighted by molar-refractivity contribution is 0.0525. The van der Waals surface area contributed by atoms with Crippen molar-refractivity contribution in [2.75, 3.05) is 31.0 Å². The molecule has 0 fully saturated rings. The van der Waals surface area contributed by atoms with Crippen molar-refractivity contribution < 1.29 is 22.7 Å². The molecule has 0 aliphatic rings. The second-order valence-corrected chi connectivity index (χ2v) is 6.52. The highest BCUT2D eigenvalue weighted by Crippen LogP contribution is 2.26. The Hall–Kier alpha value is -1.76. The van der Waals surface area contributed by atoms with Crippen LogP contribution in [0.3, 0.4) is 0 Å². The van der Waals surface area contributed by atoms with Crippen molar-refractivity contribution in [2.45, 2.75) is 13.3 Å². The van der Waals surface area contributed by atoms with Crippen LogP contribution in [0.1, 0.15) is 23.7 Å². The number of esters is 1. The number of benzene rings is 1. The van der Waals surface area contributed by atoms with Gasteiger partial charge in [0.2, 0.25) is 0 Å². The average Bonchev–Trinajstić information content (AvgIpc) is 2.37. The van der Waals surface area contributed by atoms with E-state index in [9.17, 15) is 13.2 Å². The Bertz CT molecular complexity index is 568. The van der Waals surface area contributed by atoms with Gasteiger partial charge < -0.3 is 15.2 Å². The zero-order valence-electron chi connectivity index (χ0n) is 11.6. The van der Waals surface area contributed by atoms with Gasteiger partial charge in [-0.05, 0) is 18.6 Å². The van der Waals surface area contributed by atoms with Crippen molar-refractivity contribution >= 4 is 21.5 Å². The van der Waals surface area contributed by atoms with Crippen molar-refractivity contribution in [3.63, 3.8) is 0 Å². The molecule has 112 valence electrons. The summed E-state index contributed by atoms with van der Waals surface area (Å²) >= 11 is 0. The molecule has 6 nitrogen and oxygen atoms in total. The maximum absolute atomic E-state index is 11.9. The fraction of sp³-hybridized carbons (Fsp3) is 0.462. The molecule has 0 saturated carbocycles. The maximum atomic E-state index is 11.9. The Morgan fingerprint density at radius 1 is 1.30 bits per heavy atom. The van der Waals surface area contributed by atoms with Gasteiger partial charge in [-0.3, -0.25) is 0 Å². The lowest BCUT2D eigenvalue weighted by Crippen LogP contribution is -2.18. The molecule has 0 aliphatic carbocycles. The van der Waals surface area contributed by atoms with E-state index in [1.165, 1.54) is 13.2 Å². The number of ether oxygens (including phenoxy) is 2. The molecule has 0 heterocycles. The molecular formula is C13H19NO5S. The van der Waals surface area contributed by atoms with Crippen LogP contribution in [-0.2, 0) is 14.6 Å². The summed E-state index contributed by atoms with van der Waals surface area (Å²) in [6.07, 6.45) is 0.541. The van der Waals surface area contributed by atoms with Gasteiger partial charge in [0, 0.05) is 0 Å². The third-order valence-corrected chi connectivity index (χ3v) is 4.43. The molecule has 0 unspecified atom stereocenters. The highest BCUT2D eigenvalue weighted by molar-refractivity contribution is 7.91. The fourth-order valence-corrected chi connectivity index (χ4v) is 2.86. The number of carbonyl (C=O) groups is 1. The van der Waals surface area contributed by atoms with Gasteiger partial charge in [-0.25, -0.2) is 13.2 Å². The first-order valence-corrected chi connectivity index (χ1v) is 8.03. The monoisotopic (exact) mass is 301 g/mol. The van der Waals surface area contributed by atoms with E-state index in [1.807, 2.05) is 0 Å². The number of rotatable bonds is 7. The molecular weight excluding hydrogens is 282 g/mol. The number of anilines is 1. The molecule has 0 spiro atoms. The molecule has 2 N–H and O–H groups in total. The van der Waals surface area contributed by atoms with Crippen molar-refractivity contribution in [2.24, 2.45) is 0 Å². The topological polar surface area (TPSA) is 95.7 Å². The summed E-state index contributed by atoms with van der Waals surface area (Å²) in [5.74, 6) is -0.515. The van der Waals surface area contributed by atoms with Crippen LogP contribution in [0.25, 0.3) is 0 Å². The molecule has 0 saturated heterocycles. The quantitative estimate of drug-likeness (QED) is 0.601. The van der Waals surface area contributed by atoms with Crippen LogP contribution < -0.4 is 10.5 Å². The van der Waals surface area contributed by atoms with Gasteiger partial charge in [0.05, 0.1) is 24.3 Å². The lowest BCUT2D eigenvalue weighted by Gasteiger charge is -2.10. The molecule has 0 atom stereocenters. The van der Waals surface area contributed by atoms with E-state index in [0.29, 0.717) is 12.1 Å². The lowest BCUT2D eigenvalue weighted by atomic mass is 10.2. The number of carbonyl (C=O) groups excluding carboxylic acids is 1. The summed E-state index contributed by atoms with van der Waals surface area (Å²) in [6.45, 7) is 1.60. The molecule has 0 bridgehead atoms. The zero-order valence-corrected chi connectivity index (χ0v) is 12.4. The number of nitrogen functional groups attached to an aromatic ring is 1. The van der Waals surface area contributed by atoms with Gasteiger partial charge >= 0.3 is 5.97 Å². The minimum Gasteiger partial charge on any atom is -0.494 e. The van der Waals surface area contributed by atoms with Gasteiger partial charge in [-0.1, -0.05) is 13.0 Å². The SMILES string of the molecule is CCCS(=O)(=O)CCOC(=O)c1cccc(N)c1OC. The maximum Gasteiger partial charge on any atom is 0.342 e. The number of methoxy groups -OCH3 is 1. The van der Waals surface area contributed by atoms with Crippen LogP contribution in [0.4, 0.5) is 5.69 Å². The first kappa shape index (κ1) is 16.3. The Morgan fingerprint density at radius 3 is 2.60 bits per heavy atom. The number of sulfone groups is 1. The highest BCUT2D eigenvalue weighted by atomic mass is 32.2. The number of hydrogen-bond donors (Lipinski definition) is 1. The van der Waals surface area contributed by atoms with E-state index in [2.05, 4.69) is 0 Å². The van der Waals surface area contributed by atoms with Gasteiger partial charge in [0.15, 0.2) is 15.6 Å². The second kappa shape index (κ2) is 7.14. The summed E-state index contributed by atoms with van der Waals surface area (Å²) in [5.41, 5.74) is 6.18. The number of hydrogen-bond acceptors (Lipinski definition) is 6. The van der Waals surface area contributed by atoms with Gasteiger partial charge in [-0.15, -0.1) is 0 Å². The minimum atomic E-state index is -3.17. The summed E-state index contributed by atoms with van der Waals surface area (Å²) in [6, 6.07) is 4.71. The van der Waals surface area contributed by atoms with Crippen LogP contribution in [0, 0.1) is 0 Å². The summed E-state index contributed by atoms with van der Waals surface area (Å²) < 4.78 is 33.0. The predicted molar refractivity (Wildman–Crippen MR) is 76.6 cm³/mol. The Kier molecular flexibility index (Phi) is 5.82. The van der Waals surface area contributed by atoms with Crippen molar-refractivity contribution in [1.82, 2.24) is 0 Å². The number of nitrogens with two attached hydrogens (primary N) is 1. The third kappa shape index (κ3) is 4.41. The van der Waals surface area contributed by atoms with E-state index in [0.717, 1.165) is 0 Å². The normalized spacial score (nSPS) is 11.1. The standard InChI is InChI=1S/C13H19NO5S/c1-3-8-20(16,17)9-7-19-13(15)10-5-4-6-11(14)12(10)18-2/h4-6H,3,7-9,14H2,1-2H3. The predicted octanol–water partition coefficient (Wildman–Crippen LogP) is 1.26. The van der Waals surface area contributed by atoms with Crippen LogP contribution in [0.2, 0.25) is 0 Å². The van der Waals surface area contributed by atoms with Crippen molar-refractivity contribution in [3.8, 4) is 5.75 Å². The highest BCUT2D eigenvalue weighted by Gasteiger charge is 2.17. The summed E-state index contributed by atoms with van der Waals surface area (Å²) in [7, 11) is -1.77. The Labute approximate surface area is 118 Å². The average molecular weight is 301 g/mol. The van der Waals surface area contributed by atoms with E-state index in [1.54, 1.807) is 19.1 Å². The molecule has 0 amide bonds. The molecule has 20 heavy (non-hydrogen) atoms. The van der Waals surface area contributed by atoms with E-state index < -0.39 is 15.8 Å². The van der Waals surface area contributed by atoms with Crippen LogP contribution in [0.15, 0.2) is 18.2 Å². The summed E-state index contributed by atoms with van der Waals surface area (Å²) in [4.78, 5) is 11.9. The second-order valence-electron chi connectivity index (χ2n) is 4.22. The van der Waals surface area contributed by atoms with E-state index in [4.69, 9.17) is 15.2 Å². The molecule has 0 aliphatic heterocycles. The first-order valence-electron chi connectivity index (χ1n) is 6.21. The molecule has 0 aromatic heterocycles. The smallest absolute Gasteiger partial charge is 0.342 e. The van der Waals surface area contributed by atoms with Gasteiger partial charge in [-0.2, -0.15) is 0 Å². The van der Waals surface area contributed by atoms with Crippen LogP contribution >= 0.6 is 0 Å². The van der Waals surface area contributed by atoms with Crippen molar-refractivity contribution in [1.29, 1.82) is 0 Å². The van der Waals surface area contributed by atoms with E-state index in [-0.39, 0.29) is 29.4 Å². The van der Waals surface area contributed by atoms with Gasteiger partial charge in [0.1, 0.15) is 12.2 Å². The fourth-order valence-electron chi connectivity index (χ4n) is 1.70. The molecule has 1 aromatic rings. The third-order valence-electron chi connectivity index (χ3n) is 2.61. The van der Waals surface area contributed by atoms with Gasteiger partial charge in [0.25, 0.3) is 0 Å². The molecule has 0 radical (unpaired) electrons. The molecule has 7 heteroatoms. The molecule has 1 aromatic carbocycles. The Morgan fingerprint density at radius 2 is 2.00 bits per heavy atom. The minimum absolute atomic E-state index is 0.0894. The van der Waals surface area contributed by atoms with Crippen LogP contribution in [-0.4, -0.2) is 39.6 Å². The van der Waals surface area contributed by atoms with Crippen molar-refractivity contribution in [3.05, 3.63) is 23.8 Å². The summed E-state index contributed by atoms with van der Waals surface area (Å²) in [5, 5.41) is 0. The number of para-hydroxylation sites is 1. The van der Waals surface area contributed by atoms with Crippen LogP contribution in [0.5, 0.6) is 5.75 Å². The Balaban J connectivity index is 2.67. The zero-order chi connectivity index (χ0) is 15.2.